The summed E-state index contributed by atoms with van der Waals surface area (Å²) in [5.74, 6) is -0.609. The number of amides is 1. The van der Waals surface area contributed by atoms with Crippen LogP contribution in [-0.4, -0.2) is 16.7 Å². The molecule has 3 aromatic rings. The lowest BCUT2D eigenvalue weighted by Crippen LogP contribution is -2.16. The minimum Gasteiger partial charge on any atom is -0.326 e. The molecule has 1 amide bonds. The maximum absolute atomic E-state index is 12.5. The van der Waals surface area contributed by atoms with Gasteiger partial charge in [-0.3, -0.25) is 14.6 Å². The van der Waals surface area contributed by atoms with Gasteiger partial charge in [-0.05, 0) is 61.4 Å². The molecule has 27 heavy (non-hydrogen) atoms. The molecule has 1 N–H and O–H groups in total. The Hall–Kier alpha value is -2.98. The smallest absolute Gasteiger partial charge is 0.232 e. The number of pyridine rings is 1. The molecule has 0 bridgehead atoms. The van der Waals surface area contributed by atoms with Gasteiger partial charge < -0.3 is 5.32 Å². The number of aryl methyl sites for hydroxylation is 2. The van der Waals surface area contributed by atoms with Gasteiger partial charge in [0.2, 0.25) is 5.91 Å². The van der Waals surface area contributed by atoms with Gasteiger partial charge >= 0.3 is 0 Å². The monoisotopic (exact) mass is 378 g/mol. The summed E-state index contributed by atoms with van der Waals surface area (Å²) >= 11 is 5.91. The highest BCUT2D eigenvalue weighted by Gasteiger charge is 2.13. The third-order valence-electron chi connectivity index (χ3n) is 4.03. The van der Waals surface area contributed by atoms with Crippen LogP contribution < -0.4 is 5.32 Å². The molecule has 0 spiro atoms. The van der Waals surface area contributed by atoms with Gasteiger partial charge in [-0.1, -0.05) is 35.9 Å². The summed E-state index contributed by atoms with van der Waals surface area (Å²) in [6, 6.07) is 18.1. The maximum Gasteiger partial charge on any atom is 0.232 e. The first kappa shape index (κ1) is 18.8. The molecule has 5 heteroatoms. The zero-order valence-corrected chi connectivity index (χ0v) is 15.9. The Morgan fingerprint density at radius 3 is 2.33 bits per heavy atom. The molecule has 0 saturated carbocycles. The second-order valence-corrected chi connectivity index (χ2v) is 6.81. The number of carbonyl (C=O) groups is 2. The average Bonchev–Trinajstić information content (AvgIpc) is 2.61. The molecular weight excluding hydrogens is 360 g/mol. The maximum atomic E-state index is 12.5. The predicted molar refractivity (Wildman–Crippen MR) is 108 cm³/mol. The van der Waals surface area contributed by atoms with Gasteiger partial charge in [0.15, 0.2) is 5.78 Å². The molecule has 0 atom stereocenters. The van der Waals surface area contributed by atoms with Gasteiger partial charge in [-0.25, -0.2) is 0 Å². The molecule has 3 rings (SSSR count). The van der Waals surface area contributed by atoms with Crippen molar-refractivity contribution in [3.05, 3.63) is 82.6 Å². The van der Waals surface area contributed by atoms with Crippen molar-refractivity contribution in [2.45, 2.75) is 20.3 Å². The molecule has 136 valence electrons. The highest BCUT2D eigenvalue weighted by Crippen LogP contribution is 2.23. The van der Waals surface area contributed by atoms with E-state index in [2.05, 4.69) is 10.3 Å². The van der Waals surface area contributed by atoms with Gasteiger partial charge in [-0.2, -0.15) is 0 Å². The Balaban J connectivity index is 1.74. The number of Topliss-reactive ketones (excluding diaryl/α,β-unsaturated/α-hetero) is 1. The van der Waals surface area contributed by atoms with Crippen LogP contribution in [0.15, 0.2) is 60.7 Å². The predicted octanol–water partition coefficient (Wildman–Crippen LogP) is 5.23. The van der Waals surface area contributed by atoms with E-state index in [9.17, 15) is 9.59 Å². The third-order valence-corrected chi connectivity index (χ3v) is 4.26. The minimum absolute atomic E-state index is 0.232. The molecule has 0 fully saturated rings. The fraction of sp³-hybridized carbons (Fsp3) is 0.136. The summed E-state index contributed by atoms with van der Waals surface area (Å²) in [4.78, 5) is 29.1. The summed E-state index contributed by atoms with van der Waals surface area (Å²) in [5, 5.41) is 3.22. The molecule has 2 aromatic carbocycles. The normalized spacial score (nSPS) is 10.5. The van der Waals surface area contributed by atoms with Crippen LogP contribution in [0, 0.1) is 13.8 Å². The van der Waals surface area contributed by atoms with E-state index >= 15 is 0 Å². The van der Waals surface area contributed by atoms with Crippen molar-refractivity contribution in [3.63, 3.8) is 0 Å². The Morgan fingerprint density at radius 1 is 0.926 bits per heavy atom. The summed E-state index contributed by atoms with van der Waals surface area (Å²) < 4.78 is 0. The fourth-order valence-electron chi connectivity index (χ4n) is 2.89. The number of nitrogens with zero attached hydrogens (tertiary/aromatic N) is 1. The Labute approximate surface area is 163 Å². The van der Waals surface area contributed by atoms with Crippen LogP contribution in [0.2, 0.25) is 5.02 Å². The number of ketones is 1. The van der Waals surface area contributed by atoms with Gasteiger partial charge in [0.05, 0.1) is 6.42 Å². The number of benzene rings is 2. The van der Waals surface area contributed by atoms with Gasteiger partial charge in [0, 0.05) is 27.7 Å². The van der Waals surface area contributed by atoms with Crippen LogP contribution in [0.5, 0.6) is 0 Å². The summed E-state index contributed by atoms with van der Waals surface area (Å²) in [5.41, 5.74) is 4.82. The molecule has 0 aliphatic carbocycles. The second-order valence-electron chi connectivity index (χ2n) is 6.38. The van der Waals surface area contributed by atoms with Gasteiger partial charge in [0.1, 0.15) is 0 Å². The molecule has 1 aromatic heterocycles. The van der Waals surface area contributed by atoms with Crippen molar-refractivity contribution in [2.75, 3.05) is 5.32 Å². The number of nitrogens with one attached hydrogen (secondary N) is 1. The van der Waals surface area contributed by atoms with Crippen molar-refractivity contribution in [2.24, 2.45) is 0 Å². The molecule has 4 nitrogen and oxygen atoms in total. The Kier molecular flexibility index (Phi) is 5.67. The average molecular weight is 379 g/mol. The van der Waals surface area contributed by atoms with E-state index in [0.717, 1.165) is 22.5 Å². The Morgan fingerprint density at radius 2 is 1.63 bits per heavy atom. The number of rotatable bonds is 5. The zero-order chi connectivity index (χ0) is 19.4. The topological polar surface area (TPSA) is 59.1 Å². The summed E-state index contributed by atoms with van der Waals surface area (Å²) in [7, 11) is 0. The Bertz CT molecular complexity index is 994. The summed E-state index contributed by atoms with van der Waals surface area (Å²) in [6.45, 7) is 3.87. The molecule has 0 aliphatic rings. The molecule has 0 radical (unpaired) electrons. The van der Waals surface area contributed by atoms with Crippen LogP contribution in [0.4, 0.5) is 5.69 Å². The van der Waals surface area contributed by atoms with Crippen molar-refractivity contribution in [1.82, 2.24) is 4.98 Å². The van der Waals surface area contributed by atoms with Gasteiger partial charge in [-0.15, -0.1) is 0 Å². The summed E-state index contributed by atoms with van der Waals surface area (Å²) in [6.07, 6.45) is -0.232. The van der Waals surface area contributed by atoms with Crippen LogP contribution >= 0.6 is 11.6 Å². The number of hydrogen-bond acceptors (Lipinski definition) is 3. The van der Waals surface area contributed by atoms with E-state index in [4.69, 9.17) is 11.6 Å². The van der Waals surface area contributed by atoms with Gasteiger partial charge in [0.25, 0.3) is 0 Å². The highest BCUT2D eigenvalue weighted by atomic mass is 35.5. The van der Waals surface area contributed by atoms with Crippen LogP contribution in [-0.2, 0) is 4.79 Å². The van der Waals surface area contributed by atoms with E-state index in [0.29, 0.717) is 16.3 Å². The molecular formula is C22H19ClN2O2. The first-order chi connectivity index (χ1) is 12.9. The van der Waals surface area contributed by atoms with Crippen molar-refractivity contribution in [3.8, 4) is 11.1 Å². The first-order valence-electron chi connectivity index (χ1n) is 8.55. The molecule has 0 aliphatic heterocycles. The molecule has 0 saturated heterocycles. The third kappa shape index (κ3) is 5.02. The fourth-order valence-corrected chi connectivity index (χ4v) is 3.08. The lowest BCUT2D eigenvalue weighted by atomic mass is 9.99. The number of halogens is 1. The van der Waals surface area contributed by atoms with E-state index in [1.807, 2.05) is 44.2 Å². The van der Waals surface area contributed by atoms with E-state index in [-0.39, 0.29) is 18.1 Å². The number of anilines is 1. The van der Waals surface area contributed by atoms with Crippen molar-refractivity contribution >= 4 is 29.0 Å². The van der Waals surface area contributed by atoms with E-state index in [1.165, 1.54) is 0 Å². The molecule has 0 unspecified atom stereocenters. The minimum atomic E-state index is -0.372. The quantitative estimate of drug-likeness (QED) is 0.488. The lowest BCUT2D eigenvalue weighted by molar-refractivity contribution is -0.115. The molecule has 1 heterocycles. The standard InChI is InChI=1S/C22H19ClN2O2/c1-14-9-18(10-15(2)24-14)16-5-3-6-17(11-16)21(26)13-22(27)25-20-8-4-7-19(23)12-20/h3-12H,13H2,1-2H3,(H,25,27). The first-order valence-corrected chi connectivity index (χ1v) is 8.93. The van der Waals surface area contributed by atoms with E-state index in [1.54, 1.807) is 30.3 Å². The van der Waals surface area contributed by atoms with Crippen LogP contribution in [0.25, 0.3) is 11.1 Å². The van der Waals surface area contributed by atoms with Crippen LogP contribution in [0.3, 0.4) is 0 Å². The zero-order valence-electron chi connectivity index (χ0n) is 15.1. The highest BCUT2D eigenvalue weighted by molar-refractivity contribution is 6.31. The van der Waals surface area contributed by atoms with Crippen molar-refractivity contribution in [1.29, 1.82) is 0 Å². The number of hydrogen-bond donors (Lipinski definition) is 1. The number of aromatic nitrogens is 1. The number of carbonyl (C=O) groups excluding carboxylic acids is 2. The van der Waals surface area contributed by atoms with Crippen LogP contribution in [0.1, 0.15) is 28.2 Å². The van der Waals surface area contributed by atoms with Crippen molar-refractivity contribution < 1.29 is 9.59 Å². The largest absolute Gasteiger partial charge is 0.326 e. The van der Waals surface area contributed by atoms with E-state index < -0.39 is 0 Å². The SMILES string of the molecule is Cc1cc(-c2cccc(C(=O)CC(=O)Nc3cccc(Cl)c3)c2)cc(C)n1. The second kappa shape index (κ2) is 8.14. The lowest BCUT2D eigenvalue weighted by Gasteiger charge is -2.08.